The molecule has 3 fully saturated rings. The lowest BCUT2D eigenvalue weighted by Gasteiger charge is -2.61. The normalized spacial score (nSPS) is 28.2. The van der Waals surface area contributed by atoms with E-state index < -0.39 is 6.10 Å². The summed E-state index contributed by atoms with van der Waals surface area (Å²) in [6.45, 7) is 7.73. The van der Waals surface area contributed by atoms with E-state index in [2.05, 4.69) is 20.8 Å². The molecule has 1 atom stereocenters. The van der Waals surface area contributed by atoms with Crippen molar-refractivity contribution in [2.45, 2.75) is 89.8 Å². The van der Waals surface area contributed by atoms with Crippen LogP contribution in [0.3, 0.4) is 0 Å². The number of hydrogen-bond acceptors (Lipinski definition) is 3. The van der Waals surface area contributed by atoms with E-state index in [4.69, 9.17) is 0 Å². The SMILES string of the molecule is CC(C)(C)CC(=O)N1CCC(N2C(=O)C(O)C23CCCCC3)CC1. The van der Waals surface area contributed by atoms with E-state index in [9.17, 15) is 14.7 Å². The van der Waals surface area contributed by atoms with Crippen LogP contribution in [0.15, 0.2) is 0 Å². The van der Waals surface area contributed by atoms with Crippen molar-refractivity contribution in [1.82, 2.24) is 9.80 Å². The molecule has 0 radical (unpaired) electrons. The fourth-order valence-corrected chi connectivity index (χ4v) is 4.81. The van der Waals surface area contributed by atoms with Crippen LogP contribution in [0, 0.1) is 5.41 Å². The minimum absolute atomic E-state index is 0.0115. The molecule has 24 heavy (non-hydrogen) atoms. The first kappa shape index (κ1) is 17.7. The van der Waals surface area contributed by atoms with Gasteiger partial charge in [-0.05, 0) is 31.1 Å². The molecule has 0 bridgehead atoms. The first-order valence-electron chi connectivity index (χ1n) is 9.54. The smallest absolute Gasteiger partial charge is 0.254 e. The molecular weight excluding hydrogens is 304 g/mol. The Hall–Kier alpha value is -1.10. The van der Waals surface area contributed by atoms with E-state index in [1.165, 1.54) is 6.42 Å². The topological polar surface area (TPSA) is 60.9 Å². The van der Waals surface area contributed by atoms with Crippen LogP contribution in [-0.2, 0) is 9.59 Å². The average Bonchev–Trinajstić information content (AvgIpc) is 2.54. The molecule has 5 nitrogen and oxygen atoms in total. The number of carbonyl (C=O) groups is 2. The Morgan fingerprint density at radius 3 is 2.29 bits per heavy atom. The van der Waals surface area contributed by atoms with Crippen molar-refractivity contribution in [3.05, 3.63) is 0 Å². The summed E-state index contributed by atoms with van der Waals surface area (Å²) in [5.74, 6) is 0.139. The molecule has 1 N–H and O–H groups in total. The van der Waals surface area contributed by atoms with Crippen LogP contribution in [0.4, 0.5) is 0 Å². The monoisotopic (exact) mass is 336 g/mol. The quantitative estimate of drug-likeness (QED) is 0.787. The predicted octanol–water partition coefficient (Wildman–Crippen LogP) is 2.32. The fourth-order valence-electron chi connectivity index (χ4n) is 4.81. The lowest BCUT2D eigenvalue weighted by molar-refractivity contribution is -0.201. The Morgan fingerprint density at radius 2 is 1.75 bits per heavy atom. The molecule has 3 rings (SSSR count). The van der Waals surface area contributed by atoms with Crippen LogP contribution in [0.5, 0.6) is 0 Å². The van der Waals surface area contributed by atoms with Crippen molar-refractivity contribution < 1.29 is 14.7 Å². The highest BCUT2D eigenvalue weighted by molar-refractivity contribution is 5.90. The zero-order valence-electron chi connectivity index (χ0n) is 15.4. The average molecular weight is 336 g/mol. The zero-order valence-corrected chi connectivity index (χ0v) is 15.4. The van der Waals surface area contributed by atoms with Crippen LogP contribution < -0.4 is 0 Å². The van der Waals surface area contributed by atoms with Crippen LogP contribution >= 0.6 is 0 Å². The summed E-state index contributed by atoms with van der Waals surface area (Å²) in [5.41, 5.74) is -0.283. The van der Waals surface area contributed by atoms with E-state index in [-0.39, 0.29) is 28.8 Å². The maximum absolute atomic E-state index is 12.4. The summed E-state index contributed by atoms with van der Waals surface area (Å²) < 4.78 is 0. The molecule has 5 heteroatoms. The Morgan fingerprint density at radius 1 is 1.17 bits per heavy atom. The van der Waals surface area contributed by atoms with Crippen molar-refractivity contribution in [1.29, 1.82) is 0 Å². The Kier molecular flexibility index (Phi) is 4.67. The molecule has 3 aliphatic rings. The number of aliphatic hydroxyl groups is 1. The number of piperidine rings is 1. The van der Waals surface area contributed by atoms with Crippen molar-refractivity contribution in [3.63, 3.8) is 0 Å². The Balaban J connectivity index is 1.60. The largest absolute Gasteiger partial charge is 0.381 e. The van der Waals surface area contributed by atoms with Crippen LogP contribution in [0.1, 0.15) is 72.1 Å². The fraction of sp³-hybridized carbons (Fsp3) is 0.895. The van der Waals surface area contributed by atoms with Gasteiger partial charge in [0.15, 0.2) is 6.10 Å². The molecule has 0 aromatic carbocycles. The van der Waals surface area contributed by atoms with E-state index in [1.54, 1.807) is 0 Å². The summed E-state index contributed by atoms with van der Waals surface area (Å²) in [6, 6.07) is 0.192. The molecule has 2 amide bonds. The predicted molar refractivity (Wildman–Crippen MR) is 92.3 cm³/mol. The molecule has 2 aliphatic heterocycles. The summed E-state index contributed by atoms with van der Waals surface area (Å²) >= 11 is 0. The third-order valence-corrected chi connectivity index (χ3v) is 6.04. The van der Waals surface area contributed by atoms with Gasteiger partial charge in [0.1, 0.15) is 0 Å². The number of hydrogen-bond donors (Lipinski definition) is 1. The van der Waals surface area contributed by atoms with Gasteiger partial charge in [-0.3, -0.25) is 9.59 Å². The van der Waals surface area contributed by atoms with Gasteiger partial charge in [-0.15, -0.1) is 0 Å². The van der Waals surface area contributed by atoms with Crippen molar-refractivity contribution in [3.8, 4) is 0 Å². The van der Waals surface area contributed by atoms with Gasteiger partial charge in [0.2, 0.25) is 5.91 Å². The molecule has 1 spiro atoms. The highest BCUT2D eigenvalue weighted by atomic mass is 16.3. The molecule has 2 heterocycles. The zero-order chi connectivity index (χ0) is 17.5. The minimum Gasteiger partial charge on any atom is -0.381 e. The highest BCUT2D eigenvalue weighted by Crippen LogP contribution is 2.46. The van der Waals surface area contributed by atoms with Gasteiger partial charge in [0, 0.05) is 25.6 Å². The Bertz CT molecular complexity index is 497. The molecule has 1 aliphatic carbocycles. The van der Waals surface area contributed by atoms with Gasteiger partial charge in [-0.1, -0.05) is 40.0 Å². The molecular formula is C19H32N2O3. The van der Waals surface area contributed by atoms with Gasteiger partial charge in [-0.2, -0.15) is 0 Å². The van der Waals surface area contributed by atoms with Crippen molar-refractivity contribution >= 4 is 11.8 Å². The van der Waals surface area contributed by atoms with Gasteiger partial charge in [-0.25, -0.2) is 0 Å². The number of nitrogens with zero attached hydrogens (tertiary/aromatic N) is 2. The second-order valence-electron chi connectivity index (χ2n) is 9.12. The lowest BCUT2D eigenvalue weighted by Crippen LogP contribution is -2.77. The van der Waals surface area contributed by atoms with E-state index in [0.717, 1.165) is 51.6 Å². The molecule has 0 aromatic heterocycles. The van der Waals surface area contributed by atoms with Crippen LogP contribution in [0.25, 0.3) is 0 Å². The third-order valence-electron chi connectivity index (χ3n) is 6.04. The molecule has 136 valence electrons. The first-order chi connectivity index (χ1) is 11.2. The molecule has 2 saturated heterocycles. The third kappa shape index (κ3) is 3.07. The number of carbonyl (C=O) groups excluding carboxylic acids is 2. The van der Waals surface area contributed by atoms with Gasteiger partial charge in [0.05, 0.1) is 5.54 Å². The summed E-state index contributed by atoms with van der Waals surface area (Å²) in [4.78, 5) is 28.7. The number of aliphatic hydroxyl groups excluding tert-OH is 1. The van der Waals surface area contributed by atoms with Crippen molar-refractivity contribution in [2.24, 2.45) is 5.41 Å². The standard InChI is InChI=1S/C19H32N2O3/c1-18(2,3)13-15(22)20-11-7-14(8-12-20)21-17(24)16(23)19(21)9-5-4-6-10-19/h14,16,23H,4-13H2,1-3H3. The lowest BCUT2D eigenvalue weighted by atomic mass is 9.68. The van der Waals surface area contributed by atoms with Gasteiger partial charge >= 0.3 is 0 Å². The summed E-state index contributed by atoms with van der Waals surface area (Å²) in [7, 11) is 0. The first-order valence-corrected chi connectivity index (χ1v) is 9.54. The second kappa shape index (κ2) is 6.32. The molecule has 1 saturated carbocycles. The van der Waals surface area contributed by atoms with E-state index in [1.807, 2.05) is 9.80 Å². The number of rotatable bonds is 2. The van der Waals surface area contributed by atoms with Crippen LogP contribution in [0.2, 0.25) is 0 Å². The minimum atomic E-state index is -0.793. The van der Waals surface area contributed by atoms with E-state index in [0.29, 0.717) is 6.42 Å². The van der Waals surface area contributed by atoms with Crippen LogP contribution in [-0.4, -0.2) is 57.5 Å². The maximum Gasteiger partial charge on any atom is 0.254 e. The maximum atomic E-state index is 12.4. The molecule has 1 unspecified atom stereocenters. The number of β-lactam (4-membered cyclic amide) rings is 1. The second-order valence-corrected chi connectivity index (χ2v) is 9.12. The molecule has 0 aromatic rings. The van der Waals surface area contributed by atoms with E-state index >= 15 is 0 Å². The van der Waals surface area contributed by atoms with Gasteiger partial charge in [0.25, 0.3) is 5.91 Å². The highest BCUT2D eigenvalue weighted by Gasteiger charge is 2.61. The van der Waals surface area contributed by atoms with Gasteiger partial charge < -0.3 is 14.9 Å². The summed E-state index contributed by atoms with van der Waals surface area (Å²) in [5, 5.41) is 10.3. The Labute approximate surface area is 145 Å². The number of likely N-dealkylation sites (tertiary alicyclic amines) is 2. The van der Waals surface area contributed by atoms with Crippen molar-refractivity contribution in [2.75, 3.05) is 13.1 Å². The summed E-state index contributed by atoms with van der Waals surface area (Å²) in [6.07, 6.45) is 6.74. The number of amides is 2.